The van der Waals surface area contributed by atoms with Crippen molar-refractivity contribution in [3.05, 3.63) is 58.1 Å². The van der Waals surface area contributed by atoms with Crippen LogP contribution in [-0.4, -0.2) is 50.2 Å². The number of esters is 1. The van der Waals surface area contributed by atoms with Crippen molar-refractivity contribution in [2.24, 2.45) is 7.05 Å². The van der Waals surface area contributed by atoms with Gasteiger partial charge in [-0.15, -0.1) is 5.10 Å². The number of ether oxygens (including phenoxy) is 2. The molecule has 33 heavy (non-hydrogen) atoms. The van der Waals surface area contributed by atoms with E-state index in [0.29, 0.717) is 5.16 Å². The van der Waals surface area contributed by atoms with E-state index in [0.717, 1.165) is 17.8 Å². The zero-order valence-electron chi connectivity index (χ0n) is 16.7. The Balaban J connectivity index is 1.73. The summed E-state index contributed by atoms with van der Waals surface area (Å²) in [5.41, 5.74) is -0.614. The lowest BCUT2D eigenvalue weighted by atomic mass is 10.2. The van der Waals surface area contributed by atoms with Crippen molar-refractivity contribution >= 4 is 35.0 Å². The monoisotopic (exact) mass is 480 g/mol. The molecular formula is C18H14F2N6O6S. The maximum absolute atomic E-state index is 12.6. The molecule has 1 heterocycles. The van der Waals surface area contributed by atoms with Gasteiger partial charge in [-0.05, 0) is 40.4 Å². The first kappa shape index (κ1) is 23.5. The lowest BCUT2D eigenvalue weighted by Crippen LogP contribution is -2.21. The van der Waals surface area contributed by atoms with E-state index in [1.165, 1.54) is 41.1 Å². The Bertz CT molecular complexity index is 1190. The van der Waals surface area contributed by atoms with Gasteiger partial charge in [0.15, 0.2) is 6.61 Å². The number of nitro benzene ring substituents is 1. The van der Waals surface area contributed by atoms with Crippen LogP contribution < -0.4 is 10.1 Å². The van der Waals surface area contributed by atoms with Crippen LogP contribution in [0.1, 0.15) is 10.4 Å². The first-order valence-electron chi connectivity index (χ1n) is 8.94. The number of benzene rings is 2. The summed E-state index contributed by atoms with van der Waals surface area (Å²) >= 11 is 0.956. The van der Waals surface area contributed by atoms with Gasteiger partial charge in [-0.1, -0.05) is 12.1 Å². The van der Waals surface area contributed by atoms with Crippen molar-refractivity contribution in [3.8, 4) is 5.75 Å². The van der Waals surface area contributed by atoms with Crippen LogP contribution in [0.25, 0.3) is 0 Å². The van der Waals surface area contributed by atoms with Crippen LogP contribution >= 0.6 is 11.8 Å². The number of carbonyl (C=O) groups excluding carboxylic acids is 2. The molecule has 0 aliphatic heterocycles. The molecule has 2 aromatic carbocycles. The SMILES string of the molecule is Cn1nnnc1Sc1ccc([N+](=O)[O-])cc1C(=O)OCC(=O)Nc1ccccc1OC(F)F. The summed E-state index contributed by atoms with van der Waals surface area (Å²) in [6.07, 6.45) is 0. The van der Waals surface area contributed by atoms with E-state index in [1.807, 2.05) is 0 Å². The zero-order chi connectivity index (χ0) is 24.0. The van der Waals surface area contributed by atoms with Crippen LogP contribution in [0.15, 0.2) is 52.5 Å². The van der Waals surface area contributed by atoms with Gasteiger partial charge < -0.3 is 14.8 Å². The Morgan fingerprint density at radius 3 is 2.70 bits per heavy atom. The van der Waals surface area contributed by atoms with Crippen molar-refractivity contribution in [2.45, 2.75) is 16.7 Å². The summed E-state index contributed by atoms with van der Waals surface area (Å²) in [4.78, 5) is 35.4. The highest BCUT2D eigenvalue weighted by Crippen LogP contribution is 2.31. The molecule has 0 fully saturated rings. The number of halogens is 2. The smallest absolute Gasteiger partial charge is 0.387 e. The first-order chi connectivity index (χ1) is 15.7. The van der Waals surface area contributed by atoms with E-state index in [4.69, 9.17) is 4.74 Å². The Kier molecular flexibility index (Phi) is 7.45. The highest BCUT2D eigenvalue weighted by molar-refractivity contribution is 7.99. The second-order valence-corrected chi connectivity index (χ2v) is 7.13. The maximum atomic E-state index is 12.6. The number of carbonyl (C=O) groups is 2. The Hall–Kier alpha value is -4.14. The highest BCUT2D eigenvalue weighted by Gasteiger charge is 2.21. The molecule has 0 saturated heterocycles. The fourth-order valence-electron chi connectivity index (χ4n) is 2.45. The van der Waals surface area contributed by atoms with Crippen molar-refractivity contribution in [2.75, 3.05) is 11.9 Å². The second-order valence-electron chi connectivity index (χ2n) is 6.12. The van der Waals surface area contributed by atoms with E-state index < -0.39 is 30.0 Å². The van der Waals surface area contributed by atoms with Gasteiger partial charge in [0.1, 0.15) is 5.75 Å². The Labute approximate surface area is 188 Å². The van der Waals surface area contributed by atoms with Gasteiger partial charge in [0.2, 0.25) is 5.16 Å². The number of nitrogens with one attached hydrogen (secondary N) is 1. The molecular weight excluding hydrogens is 466 g/mol. The van der Waals surface area contributed by atoms with E-state index in [-0.39, 0.29) is 27.6 Å². The number of aryl methyl sites for hydroxylation is 1. The van der Waals surface area contributed by atoms with Crippen LogP contribution in [0.3, 0.4) is 0 Å². The number of non-ortho nitro benzene ring substituents is 1. The normalized spacial score (nSPS) is 10.7. The summed E-state index contributed by atoms with van der Waals surface area (Å²) in [5, 5.41) is 24.6. The molecule has 15 heteroatoms. The minimum absolute atomic E-state index is 0.0553. The average molecular weight is 480 g/mol. The quantitative estimate of drug-likeness (QED) is 0.275. The van der Waals surface area contributed by atoms with Crippen LogP contribution in [0.4, 0.5) is 20.2 Å². The first-order valence-corrected chi connectivity index (χ1v) is 9.75. The summed E-state index contributed by atoms with van der Waals surface area (Å²) in [5.74, 6) is -2.14. The van der Waals surface area contributed by atoms with Crippen LogP contribution in [0, 0.1) is 10.1 Å². The number of hydrogen-bond acceptors (Lipinski definition) is 10. The highest BCUT2D eigenvalue weighted by atomic mass is 32.2. The predicted octanol–water partition coefficient (Wildman–Crippen LogP) is 2.67. The lowest BCUT2D eigenvalue weighted by Gasteiger charge is -2.12. The van der Waals surface area contributed by atoms with Gasteiger partial charge in [-0.3, -0.25) is 14.9 Å². The minimum atomic E-state index is -3.10. The molecule has 0 radical (unpaired) electrons. The zero-order valence-corrected chi connectivity index (χ0v) is 17.5. The number of amides is 1. The van der Waals surface area contributed by atoms with E-state index in [2.05, 4.69) is 25.6 Å². The van der Waals surface area contributed by atoms with Crippen molar-refractivity contribution in [1.29, 1.82) is 0 Å². The van der Waals surface area contributed by atoms with Gasteiger partial charge in [-0.2, -0.15) is 8.78 Å². The van der Waals surface area contributed by atoms with Crippen LogP contribution in [-0.2, 0) is 16.6 Å². The summed E-state index contributed by atoms with van der Waals surface area (Å²) in [7, 11) is 1.56. The fourth-order valence-corrected chi connectivity index (χ4v) is 3.28. The van der Waals surface area contributed by atoms with E-state index >= 15 is 0 Å². The molecule has 1 amide bonds. The molecule has 0 bridgehead atoms. The summed E-state index contributed by atoms with van der Waals surface area (Å²) in [6, 6.07) is 8.97. The topological polar surface area (TPSA) is 151 Å². The molecule has 12 nitrogen and oxygen atoms in total. The number of alkyl halides is 2. The summed E-state index contributed by atoms with van der Waals surface area (Å²) in [6.45, 7) is -3.89. The largest absolute Gasteiger partial charge is 0.452 e. The number of aromatic nitrogens is 4. The van der Waals surface area contributed by atoms with Crippen molar-refractivity contribution in [1.82, 2.24) is 20.2 Å². The third-order valence-corrected chi connectivity index (χ3v) is 4.99. The standard InChI is InChI=1S/C18H14F2N6O6S/c1-25-18(22-23-24-25)33-14-7-6-10(26(29)30)8-11(14)16(28)31-9-15(27)21-12-4-2-3-5-13(12)32-17(19)20/h2-8,17H,9H2,1H3,(H,21,27). The fraction of sp³-hybridized carbons (Fsp3) is 0.167. The average Bonchev–Trinajstić information content (AvgIpc) is 3.17. The van der Waals surface area contributed by atoms with E-state index in [1.54, 1.807) is 7.05 Å². The Morgan fingerprint density at radius 2 is 2.03 bits per heavy atom. The second kappa shape index (κ2) is 10.4. The number of anilines is 1. The molecule has 0 aliphatic rings. The van der Waals surface area contributed by atoms with Gasteiger partial charge in [-0.25, -0.2) is 9.48 Å². The molecule has 0 atom stereocenters. The number of para-hydroxylation sites is 2. The van der Waals surface area contributed by atoms with Gasteiger partial charge in [0.25, 0.3) is 11.6 Å². The number of rotatable bonds is 9. The van der Waals surface area contributed by atoms with Gasteiger partial charge in [0, 0.05) is 24.1 Å². The molecule has 3 aromatic rings. The molecule has 172 valence electrons. The summed E-state index contributed by atoms with van der Waals surface area (Å²) < 4.78 is 35.6. The van der Waals surface area contributed by atoms with Crippen molar-refractivity contribution in [3.63, 3.8) is 0 Å². The number of hydrogen-bond donors (Lipinski definition) is 1. The molecule has 0 spiro atoms. The van der Waals surface area contributed by atoms with E-state index in [9.17, 15) is 28.5 Å². The predicted molar refractivity (Wildman–Crippen MR) is 108 cm³/mol. The third-order valence-electron chi connectivity index (χ3n) is 3.89. The molecule has 1 aromatic heterocycles. The van der Waals surface area contributed by atoms with Gasteiger partial charge >= 0.3 is 12.6 Å². The molecule has 0 aliphatic carbocycles. The number of nitro groups is 1. The van der Waals surface area contributed by atoms with Crippen molar-refractivity contribution < 1.29 is 32.8 Å². The van der Waals surface area contributed by atoms with Crippen LogP contribution in [0.5, 0.6) is 5.75 Å². The molecule has 1 N–H and O–H groups in total. The van der Waals surface area contributed by atoms with Gasteiger partial charge in [0.05, 0.1) is 16.2 Å². The lowest BCUT2D eigenvalue weighted by molar-refractivity contribution is -0.384. The third kappa shape index (κ3) is 6.19. The number of nitrogens with zero attached hydrogens (tertiary/aromatic N) is 5. The maximum Gasteiger partial charge on any atom is 0.387 e. The molecule has 3 rings (SSSR count). The molecule has 0 unspecified atom stereocenters. The molecule has 0 saturated carbocycles. The number of tetrazole rings is 1. The Morgan fingerprint density at radius 1 is 1.27 bits per heavy atom. The minimum Gasteiger partial charge on any atom is -0.452 e. The van der Waals surface area contributed by atoms with Crippen LogP contribution in [0.2, 0.25) is 0 Å².